The molecule has 7 nitrogen and oxygen atoms in total. The van der Waals surface area contributed by atoms with E-state index < -0.39 is 0 Å². The van der Waals surface area contributed by atoms with Crippen LogP contribution in [0.2, 0.25) is 0 Å². The van der Waals surface area contributed by atoms with Gasteiger partial charge in [-0.15, -0.1) is 0 Å². The molecule has 0 spiro atoms. The number of halogens is 1. The van der Waals surface area contributed by atoms with Crippen LogP contribution < -0.4 is 10.6 Å². The maximum absolute atomic E-state index is 12.9. The largest absolute Gasteiger partial charge is 0.354 e. The van der Waals surface area contributed by atoms with Crippen LogP contribution in [0.4, 0.5) is 0 Å². The van der Waals surface area contributed by atoms with Crippen molar-refractivity contribution in [1.82, 2.24) is 20.2 Å². The predicted molar refractivity (Wildman–Crippen MR) is 119 cm³/mol. The fourth-order valence-corrected chi connectivity index (χ4v) is 4.47. The fourth-order valence-electron chi connectivity index (χ4n) is 4.31. The molecule has 1 aromatic rings. The van der Waals surface area contributed by atoms with Gasteiger partial charge in [-0.05, 0) is 51.8 Å². The summed E-state index contributed by atoms with van der Waals surface area (Å²) in [7, 11) is 0. The van der Waals surface area contributed by atoms with Gasteiger partial charge < -0.3 is 15.2 Å². The van der Waals surface area contributed by atoms with E-state index >= 15 is 0 Å². The van der Waals surface area contributed by atoms with Crippen LogP contribution in [0.1, 0.15) is 63.9 Å². The third-order valence-corrected chi connectivity index (χ3v) is 5.98. The van der Waals surface area contributed by atoms with Gasteiger partial charge in [0.05, 0.1) is 11.9 Å². The summed E-state index contributed by atoms with van der Waals surface area (Å²) < 4.78 is 2.18. The molecule has 2 amide bonds. The van der Waals surface area contributed by atoms with Gasteiger partial charge >= 0.3 is 0 Å². The standard InChI is InChI=1S/C22H30ClN5O2/c1-14(23)18(19-13-25-21-9-4-5-10-28(19)21)12-20(24-3)27-22(30)16-7-6-8-17(11-16)26-15(2)29/h12-13,16-17H,3-11H2,1-2H3,(H,26,29)(H,27,30)/b18-14-,20-12+/t16-,17+/m0/s1. The SMILES string of the molecule is C=N/C(=C\C(=C(/C)Cl)c1cnc2n1CCCC2)NC(=O)[C@H]1CCC[C@@H](NC(C)=O)C1. The molecule has 3 rings (SSSR count). The highest BCUT2D eigenvalue weighted by atomic mass is 35.5. The number of hydrogen-bond donors (Lipinski definition) is 2. The van der Waals surface area contributed by atoms with Gasteiger partial charge in [0.25, 0.3) is 0 Å². The van der Waals surface area contributed by atoms with Crippen molar-refractivity contribution in [2.75, 3.05) is 0 Å². The van der Waals surface area contributed by atoms with Crippen LogP contribution in [-0.2, 0) is 22.6 Å². The Kier molecular flexibility index (Phi) is 7.48. The van der Waals surface area contributed by atoms with E-state index in [1.807, 2.05) is 13.1 Å². The van der Waals surface area contributed by atoms with Gasteiger partial charge in [0.15, 0.2) is 0 Å². The first-order chi connectivity index (χ1) is 14.4. The molecule has 1 saturated carbocycles. The Morgan fingerprint density at radius 3 is 2.80 bits per heavy atom. The van der Waals surface area contributed by atoms with E-state index in [2.05, 4.69) is 31.9 Å². The summed E-state index contributed by atoms with van der Waals surface area (Å²) in [6.07, 6.45) is 10.0. The zero-order valence-corrected chi connectivity index (χ0v) is 18.5. The third kappa shape index (κ3) is 5.39. The summed E-state index contributed by atoms with van der Waals surface area (Å²) in [5, 5.41) is 6.42. The molecule has 2 atom stereocenters. The number of hydrogen-bond acceptors (Lipinski definition) is 4. The molecule has 0 saturated heterocycles. The predicted octanol–water partition coefficient (Wildman–Crippen LogP) is 3.54. The summed E-state index contributed by atoms with van der Waals surface area (Å²) in [6.45, 7) is 7.84. The first-order valence-corrected chi connectivity index (χ1v) is 10.9. The van der Waals surface area contributed by atoms with Gasteiger partial charge in [-0.25, -0.2) is 9.98 Å². The van der Waals surface area contributed by atoms with Crippen molar-refractivity contribution in [3.8, 4) is 0 Å². The zero-order chi connectivity index (χ0) is 21.7. The van der Waals surface area contributed by atoms with Crippen LogP contribution in [0.15, 0.2) is 28.1 Å². The molecule has 1 aromatic heterocycles. The van der Waals surface area contributed by atoms with Crippen molar-refractivity contribution in [3.05, 3.63) is 34.6 Å². The van der Waals surface area contributed by atoms with Crippen molar-refractivity contribution in [1.29, 1.82) is 0 Å². The third-order valence-electron chi connectivity index (χ3n) is 5.77. The van der Waals surface area contributed by atoms with Gasteiger partial charge in [0.2, 0.25) is 11.8 Å². The number of nitrogens with zero attached hydrogens (tertiary/aromatic N) is 3. The Morgan fingerprint density at radius 2 is 2.10 bits per heavy atom. The first-order valence-electron chi connectivity index (χ1n) is 10.6. The number of rotatable bonds is 6. The van der Waals surface area contributed by atoms with Gasteiger partial charge in [0, 0.05) is 42.5 Å². The highest BCUT2D eigenvalue weighted by Gasteiger charge is 2.28. The molecule has 0 unspecified atom stereocenters. The highest BCUT2D eigenvalue weighted by Crippen LogP contribution is 2.28. The number of fused-ring (bicyclic) bond motifs is 1. The molecule has 162 valence electrons. The fraction of sp³-hybridized carbons (Fsp3) is 0.545. The summed E-state index contributed by atoms with van der Waals surface area (Å²) in [4.78, 5) is 32.7. The number of nitrogens with one attached hydrogen (secondary N) is 2. The number of aliphatic imine (C=N–C) groups is 1. The van der Waals surface area contributed by atoms with E-state index in [-0.39, 0.29) is 23.8 Å². The molecule has 2 aliphatic rings. The minimum atomic E-state index is -0.173. The number of amides is 2. The van der Waals surface area contributed by atoms with E-state index in [0.29, 0.717) is 17.3 Å². The van der Waals surface area contributed by atoms with Gasteiger partial charge in [-0.1, -0.05) is 18.0 Å². The smallest absolute Gasteiger partial charge is 0.228 e. The molecule has 0 aromatic carbocycles. The molecule has 1 fully saturated rings. The minimum Gasteiger partial charge on any atom is -0.354 e. The lowest BCUT2D eigenvalue weighted by Gasteiger charge is -2.28. The molecular weight excluding hydrogens is 402 g/mol. The Balaban J connectivity index is 1.76. The van der Waals surface area contributed by atoms with E-state index in [1.54, 1.807) is 6.08 Å². The topological polar surface area (TPSA) is 88.4 Å². The Bertz CT molecular complexity index is 882. The molecule has 2 heterocycles. The van der Waals surface area contributed by atoms with Crippen molar-refractivity contribution < 1.29 is 9.59 Å². The second-order valence-electron chi connectivity index (χ2n) is 8.05. The monoisotopic (exact) mass is 431 g/mol. The molecule has 30 heavy (non-hydrogen) atoms. The zero-order valence-electron chi connectivity index (χ0n) is 17.7. The van der Waals surface area contributed by atoms with Crippen molar-refractivity contribution in [3.63, 3.8) is 0 Å². The number of aryl methyl sites for hydroxylation is 1. The van der Waals surface area contributed by atoms with Gasteiger partial charge in [0.1, 0.15) is 11.6 Å². The van der Waals surface area contributed by atoms with Crippen LogP contribution in [-0.4, -0.2) is 34.1 Å². The second-order valence-corrected chi connectivity index (χ2v) is 8.62. The van der Waals surface area contributed by atoms with E-state index in [0.717, 1.165) is 62.2 Å². The quantitative estimate of drug-likeness (QED) is 0.533. The molecule has 8 heteroatoms. The number of allylic oxidation sites excluding steroid dienone is 3. The van der Waals surface area contributed by atoms with Gasteiger partial charge in [-0.2, -0.15) is 0 Å². The molecule has 1 aliphatic heterocycles. The molecular formula is C22H30ClN5O2. The lowest BCUT2D eigenvalue weighted by molar-refractivity contribution is -0.126. The van der Waals surface area contributed by atoms with Crippen LogP contribution in [0.3, 0.4) is 0 Å². The molecule has 1 aliphatic carbocycles. The Morgan fingerprint density at radius 1 is 1.30 bits per heavy atom. The van der Waals surface area contributed by atoms with Crippen molar-refractivity contribution in [2.45, 2.75) is 71.4 Å². The Hall–Kier alpha value is -2.41. The summed E-state index contributed by atoms with van der Waals surface area (Å²) in [5.74, 6) is 1.08. The minimum absolute atomic E-state index is 0.0370. The lowest BCUT2D eigenvalue weighted by atomic mass is 9.85. The second kappa shape index (κ2) is 10.1. The number of carbonyl (C=O) groups is 2. The van der Waals surface area contributed by atoms with E-state index in [1.165, 1.54) is 6.92 Å². The number of aromatic nitrogens is 2. The molecule has 0 bridgehead atoms. The van der Waals surface area contributed by atoms with Crippen molar-refractivity contribution in [2.24, 2.45) is 10.9 Å². The lowest BCUT2D eigenvalue weighted by Crippen LogP contribution is -2.41. The van der Waals surface area contributed by atoms with Crippen LogP contribution in [0.25, 0.3) is 5.57 Å². The van der Waals surface area contributed by atoms with E-state index in [4.69, 9.17) is 11.6 Å². The van der Waals surface area contributed by atoms with Crippen LogP contribution in [0, 0.1) is 5.92 Å². The Labute approximate surface area is 182 Å². The summed E-state index contributed by atoms with van der Waals surface area (Å²) >= 11 is 6.41. The van der Waals surface area contributed by atoms with E-state index in [9.17, 15) is 9.59 Å². The number of imidazole rings is 1. The van der Waals surface area contributed by atoms with Gasteiger partial charge in [-0.3, -0.25) is 9.59 Å². The van der Waals surface area contributed by atoms with Crippen molar-refractivity contribution >= 4 is 35.7 Å². The first kappa shape index (κ1) is 22.3. The summed E-state index contributed by atoms with van der Waals surface area (Å²) in [6, 6.07) is 0.0370. The highest BCUT2D eigenvalue weighted by molar-refractivity contribution is 6.32. The maximum Gasteiger partial charge on any atom is 0.228 e. The average molecular weight is 432 g/mol. The van der Waals surface area contributed by atoms with Crippen LogP contribution in [0.5, 0.6) is 0 Å². The molecule has 2 N–H and O–H groups in total. The summed E-state index contributed by atoms with van der Waals surface area (Å²) in [5.41, 5.74) is 1.70. The maximum atomic E-state index is 12.9. The normalized spacial score (nSPS) is 22.6. The number of carbonyl (C=O) groups excluding carboxylic acids is 2. The molecule has 0 radical (unpaired) electrons. The average Bonchev–Trinajstić information content (AvgIpc) is 3.14. The van der Waals surface area contributed by atoms with Crippen LogP contribution >= 0.6 is 11.6 Å².